The Kier molecular flexibility index (Phi) is 5.81. The van der Waals surface area contributed by atoms with Gasteiger partial charge in [0.05, 0.1) is 12.1 Å². The van der Waals surface area contributed by atoms with Crippen molar-refractivity contribution in [3.63, 3.8) is 0 Å². The summed E-state index contributed by atoms with van der Waals surface area (Å²) >= 11 is 6.30. The molecule has 0 amide bonds. The second kappa shape index (κ2) is 8.25. The summed E-state index contributed by atoms with van der Waals surface area (Å²) in [6.07, 6.45) is 1.83. The maximum Gasteiger partial charge on any atom is 0.0747 e. The number of halogens is 1. The highest BCUT2D eigenvalue weighted by Gasteiger charge is 2.11. The van der Waals surface area contributed by atoms with Gasteiger partial charge in [0.25, 0.3) is 0 Å². The molecule has 2 aromatic carbocycles. The molecule has 4 heteroatoms. The standard InChI is InChI=1S/C20H21ClN2O/c1-24-11-10-23(14-16-6-3-2-4-7-16)15-18-13-19(21)12-17-8-5-9-22-20(17)18/h2-9,12-13H,10-11,14-15H2,1H3. The molecule has 124 valence electrons. The van der Waals surface area contributed by atoms with Crippen LogP contribution in [-0.4, -0.2) is 30.1 Å². The molecule has 0 aliphatic rings. The third kappa shape index (κ3) is 4.32. The van der Waals surface area contributed by atoms with Crippen molar-refractivity contribution in [2.24, 2.45) is 0 Å². The highest BCUT2D eigenvalue weighted by molar-refractivity contribution is 6.31. The van der Waals surface area contributed by atoms with Crippen LogP contribution in [0, 0.1) is 0 Å². The van der Waals surface area contributed by atoms with Crippen LogP contribution in [-0.2, 0) is 17.8 Å². The number of aromatic nitrogens is 1. The van der Waals surface area contributed by atoms with E-state index in [1.165, 1.54) is 5.56 Å². The average Bonchev–Trinajstić information content (AvgIpc) is 2.60. The lowest BCUT2D eigenvalue weighted by Gasteiger charge is -2.23. The molecule has 3 nitrogen and oxygen atoms in total. The van der Waals surface area contributed by atoms with Gasteiger partial charge >= 0.3 is 0 Å². The Morgan fingerprint density at radius 2 is 1.88 bits per heavy atom. The van der Waals surface area contributed by atoms with Crippen molar-refractivity contribution in [2.75, 3.05) is 20.3 Å². The molecule has 3 rings (SSSR count). The van der Waals surface area contributed by atoms with E-state index < -0.39 is 0 Å². The molecule has 0 aliphatic carbocycles. The van der Waals surface area contributed by atoms with Crippen molar-refractivity contribution < 1.29 is 4.74 Å². The van der Waals surface area contributed by atoms with Gasteiger partial charge in [-0.05, 0) is 29.3 Å². The minimum Gasteiger partial charge on any atom is -0.383 e. The molecule has 0 atom stereocenters. The molecule has 24 heavy (non-hydrogen) atoms. The lowest BCUT2D eigenvalue weighted by atomic mass is 10.1. The number of pyridine rings is 1. The highest BCUT2D eigenvalue weighted by Crippen LogP contribution is 2.24. The van der Waals surface area contributed by atoms with Crippen LogP contribution in [0.15, 0.2) is 60.8 Å². The van der Waals surface area contributed by atoms with Gasteiger partial charge in [0.1, 0.15) is 0 Å². The smallest absolute Gasteiger partial charge is 0.0747 e. The predicted octanol–water partition coefficient (Wildman–Crippen LogP) is 4.54. The first-order valence-electron chi connectivity index (χ1n) is 8.04. The van der Waals surface area contributed by atoms with E-state index in [2.05, 4.69) is 40.2 Å². The van der Waals surface area contributed by atoms with Crippen LogP contribution >= 0.6 is 11.6 Å². The van der Waals surface area contributed by atoms with Crippen molar-refractivity contribution in [3.8, 4) is 0 Å². The van der Waals surface area contributed by atoms with E-state index in [1.807, 2.05) is 30.5 Å². The second-order valence-electron chi connectivity index (χ2n) is 5.83. The summed E-state index contributed by atoms with van der Waals surface area (Å²) in [6, 6.07) is 18.4. The van der Waals surface area contributed by atoms with E-state index in [0.29, 0.717) is 6.61 Å². The minimum atomic E-state index is 0.693. The number of hydrogen-bond acceptors (Lipinski definition) is 3. The summed E-state index contributed by atoms with van der Waals surface area (Å²) in [5.74, 6) is 0. The van der Waals surface area contributed by atoms with Crippen LogP contribution in [0.1, 0.15) is 11.1 Å². The van der Waals surface area contributed by atoms with E-state index in [0.717, 1.165) is 41.1 Å². The second-order valence-corrected chi connectivity index (χ2v) is 6.27. The summed E-state index contributed by atoms with van der Waals surface area (Å²) in [4.78, 5) is 6.91. The third-order valence-corrected chi connectivity index (χ3v) is 4.22. The topological polar surface area (TPSA) is 25.4 Å². The number of fused-ring (bicyclic) bond motifs is 1. The highest BCUT2D eigenvalue weighted by atomic mass is 35.5. The van der Waals surface area contributed by atoms with Crippen LogP contribution in [0.5, 0.6) is 0 Å². The van der Waals surface area contributed by atoms with Gasteiger partial charge in [-0.3, -0.25) is 9.88 Å². The maximum atomic E-state index is 6.30. The van der Waals surface area contributed by atoms with Crippen molar-refractivity contribution in [2.45, 2.75) is 13.1 Å². The predicted molar refractivity (Wildman–Crippen MR) is 99.2 cm³/mol. The van der Waals surface area contributed by atoms with Crippen LogP contribution < -0.4 is 0 Å². The molecule has 0 fully saturated rings. The van der Waals surface area contributed by atoms with Gasteiger partial charge in [-0.15, -0.1) is 0 Å². The van der Waals surface area contributed by atoms with Crippen molar-refractivity contribution in [1.82, 2.24) is 9.88 Å². The largest absolute Gasteiger partial charge is 0.383 e. The summed E-state index contributed by atoms with van der Waals surface area (Å²) < 4.78 is 5.28. The fourth-order valence-electron chi connectivity index (χ4n) is 2.86. The number of benzene rings is 2. The molecule has 0 unspecified atom stereocenters. The van der Waals surface area contributed by atoms with E-state index in [-0.39, 0.29) is 0 Å². The molecular weight excluding hydrogens is 320 g/mol. The quantitative estimate of drug-likeness (QED) is 0.631. The molecule has 0 bridgehead atoms. The lowest BCUT2D eigenvalue weighted by Crippen LogP contribution is -2.26. The SMILES string of the molecule is COCCN(Cc1ccccc1)Cc1cc(Cl)cc2cccnc12. The Hall–Kier alpha value is -1.94. The Labute approximate surface area is 147 Å². The first-order chi connectivity index (χ1) is 11.8. The molecule has 0 saturated carbocycles. The Morgan fingerprint density at radius 1 is 1.04 bits per heavy atom. The Morgan fingerprint density at radius 3 is 2.67 bits per heavy atom. The van der Waals surface area contributed by atoms with Gasteiger partial charge in [-0.1, -0.05) is 48.0 Å². The molecule has 0 radical (unpaired) electrons. The molecule has 0 saturated heterocycles. The average molecular weight is 341 g/mol. The van der Waals surface area contributed by atoms with Gasteiger partial charge in [0.2, 0.25) is 0 Å². The molecule has 1 heterocycles. The number of nitrogens with zero attached hydrogens (tertiary/aromatic N) is 2. The van der Waals surface area contributed by atoms with Gasteiger partial charge in [-0.25, -0.2) is 0 Å². The molecule has 0 aliphatic heterocycles. The number of rotatable bonds is 7. The van der Waals surface area contributed by atoms with Crippen LogP contribution in [0.2, 0.25) is 5.02 Å². The van der Waals surface area contributed by atoms with Crippen molar-refractivity contribution in [1.29, 1.82) is 0 Å². The fraction of sp³-hybridized carbons (Fsp3) is 0.250. The summed E-state index contributed by atoms with van der Waals surface area (Å²) in [7, 11) is 1.73. The summed E-state index contributed by atoms with van der Waals surface area (Å²) in [5, 5.41) is 1.82. The number of ether oxygens (including phenoxy) is 1. The summed E-state index contributed by atoms with van der Waals surface area (Å²) in [5.41, 5.74) is 3.44. The third-order valence-electron chi connectivity index (χ3n) is 4.00. The fourth-order valence-corrected chi connectivity index (χ4v) is 3.11. The van der Waals surface area contributed by atoms with E-state index >= 15 is 0 Å². The first-order valence-corrected chi connectivity index (χ1v) is 8.42. The van der Waals surface area contributed by atoms with Gasteiger partial charge < -0.3 is 4.74 Å². The lowest BCUT2D eigenvalue weighted by molar-refractivity contribution is 0.140. The minimum absolute atomic E-state index is 0.693. The maximum absolute atomic E-state index is 6.30. The zero-order valence-electron chi connectivity index (χ0n) is 13.8. The first kappa shape index (κ1) is 16.9. The van der Waals surface area contributed by atoms with Crippen LogP contribution in [0.4, 0.5) is 0 Å². The van der Waals surface area contributed by atoms with E-state index in [1.54, 1.807) is 7.11 Å². The van der Waals surface area contributed by atoms with Crippen molar-refractivity contribution in [3.05, 3.63) is 76.9 Å². The monoisotopic (exact) mass is 340 g/mol. The molecule has 0 N–H and O–H groups in total. The Balaban J connectivity index is 1.86. The zero-order chi connectivity index (χ0) is 16.8. The van der Waals surface area contributed by atoms with E-state index in [4.69, 9.17) is 16.3 Å². The van der Waals surface area contributed by atoms with Crippen molar-refractivity contribution >= 4 is 22.5 Å². The number of hydrogen-bond donors (Lipinski definition) is 0. The number of methoxy groups -OCH3 is 1. The van der Waals surface area contributed by atoms with Crippen LogP contribution in [0.3, 0.4) is 0 Å². The van der Waals surface area contributed by atoms with Gasteiger partial charge in [0.15, 0.2) is 0 Å². The van der Waals surface area contributed by atoms with E-state index in [9.17, 15) is 0 Å². The summed E-state index contributed by atoms with van der Waals surface area (Å²) in [6.45, 7) is 3.20. The molecule has 1 aromatic heterocycles. The normalized spacial score (nSPS) is 11.3. The molecule has 3 aromatic rings. The molecule has 0 spiro atoms. The van der Waals surface area contributed by atoms with Gasteiger partial charge in [0, 0.05) is 43.3 Å². The van der Waals surface area contributed by atoms with Crippen LogP contribution in [0.25, 0.3) is 10.9 Å². The zero-order valence-corrected chi connectivity index (χ0v) is 14.5. The Bertz CT molecular complexity index is 792. The molecular formula is C20H21ClN2O. The van der Waals surface area contributed by atoms with Gasteiger partial charge in [-0.2, -0.15) is 0 Å².